The number of piperazine rings is 1. The molecule has 1 fully saturated rings. The van der Waals surface area contributed by atoms with Crippen LogP contribution in [0.15, 0.2) is 61.1 Å². The normalized spacial score (nSPS) is 18.5. The van der Waals surface area contributed by atoms with E-state index in [0.717, 1.165) is 46.9 Å². The van der Waals surface area contributed by atoms with Gasteiger partial charge in [0.2, 0.25) is 5.91 Å². The number of pyridine rings is 2. The second kappa shape index (κ2) is 8.88. The standard InChI is InChI=1S/C25H25ClN4O2/c26-21-5-6-22-20(17-21)4-3-19-2-1-9-27-24(19)25(22)29-14-12-28(13-15-29)23(31)16-18-7-10-30(32)11-8-18/h1-2,5-11,17,25H,3-4,12-16H2/t25-/m0/s1. The molecule has 0 saturated carbocycles. The van der Waals surface area contributed by atoms with E-state index in [2.05, 4.69) is 23.1 Å². The molecule has 0 unspecified atom stereocenters. The lowest BCUT2D eigenvalue weighted by molar-refractivity contribution is -0.605. The molecule has 5 rings (SSSR count). The topological polar surface area (TPSA) is 63.4 Å². The van der Waals surface area contributed by atoms with Gasteiger partial charge in [-0.15, -0.1) is 0 Å². The minimum atomic E-state index is 0.0693. The molecule has 1 amide bonds. The zero-order chi connectivity index (χ0) is 22.1. The maximum absolute atomic E-state index is 12.8. The Hall–Kier alpha value is -2.96. The van der Waals surface area contributed by atoms with Gasteiger partial charge in [0.1, 0.15) is 0 Å². The van der Waals surface area contributed by atoms with Gasteiger partial charge in [-0.3, -0.25) is 14.7 Å². The van der Waals surface area contributed by atoms with Gasteiger partial charge in [0.25, 0.3) is 0 Å². The maximum Gasteiger partial charge on any atom is 0.227 e. The van der Waals surface area contributed by atoms with E-state index in [-0.39, 0.29) is 11.9 Å². The number of fused-ring (bicyclic) bond motifs is 2. The zero-order valence-electron chi connectivity index (χ0n) is 17.8. The van der Waals surface area contributed by atoms with Crippen LogP contribution in [0.25, 0.3) is 0 Å². The van der Waals surface area contributed by atoms with Crippen LogP contribution < -0.4 is 4.73 Å². The Labute approximate surface area is 192 Å². The Morgan fingerprint density at radius 3 is 2.59 bits per heavy atom. The van der Waals surface area contributed by atoms with E-state index in [0.29, 0.717) is 19.5 Å². The van der Waals surface area contributed by atoms with Crippen molar-refractivity contribution in [3.8, 4) is 0 Å². The molecule has 7 heteroatoms. The largest absolute Gasteiger partial charge is 0.619 e. The molecule has 1 aliphatic heterocycles. The van der Waals surface area contributed by atoms with Gasteiger partial charge in [0.05, 0.1) is 18.2 Å². The number of rotatable bonds is 3. The van der Waals surface area contributed by atoms with E-state index in [4.69, 9.17) is 16.6 Å². The molecule has 1 atom stereocenters. The van der Waals surface area contributed by atoms with Gasteiger partial charge in [-0.25, -0.2) is 0 Å². The fourth-order valence-corrected chi connectivity index (χ4v) is 5.02. The fourth-order valence-electron chi connectivity index (χ4n) is 4.83. The minimum Gasteiger partial charge on any atom is -0.619 e. The number of hydrogen-bond acceptors (Lipinski definition) is 4. The molecule has 3 aromatic rings. The summed E-state index contributed by atoms with van der Waals surface area (Å²) in [5, 5.41) is 12.0. The van der Waals surface area contributed by atoms with Crippen molar-refractivity contribution in [3.63, 3.8) is 0 Å². The van der Waals surface area contributed by atoms with Gasteiger partial charge in [-0.05, 0) is 53.3 Å². The summed E-state index contributed by atoms with van der Waals surface area (Å²) in [6.45, 7) is 2.91. The molecule has 6 nitrogen and oxygen atoms in total. The Morgan fingerprint density at radius 1 is 1.06 bits per heavy atom. The molecule has 164 valence electrons. The van der Waals surface area contributed by atoms with E-state index < -0.39 is 0 Å². The number of nitrogens with zero attached hydrogens (tertiary/aromatic N) is 4. The van der Waals surface area contributed by atoms with Gasteiger partial charge in [-0.1, -0.05) is 23.7 Å². The number of amides is 1. The summed E-state index contributed by atoms with van der Waals surface area (Å²) in [5.74, 6) is 0.0971. The van der Waals surface area contributed by atoms with Crippen LogP contribution >= 0.6 is 11.6 Å². The highest BCUT2D eigenvalue weighted by molar-refractivity contribution is 6.30. The number of carbonyl (C=O) groups is 1. The highest BCUT2D eigenvalue weighted by Gasteiger charge is 2.33. The van der Waals surface area contributed by atoms with Gasteiger partial charge in [0.15, 0.2) is 12.4 Å². The summed E-state index contributed by atoms with van der Waals surface area (Å²) in [5.41, 5.74) is 5.80. The van der Waals surface area contributed by atoms with Crippen molar-refractivity contribution in [3.05, 3.63) is 99.2 Å². The highest BCUT2D eigenvalue weighted by atomic mass is 35.5. The monoisotopic (exact) mass is 448 g/mol. The molecule has 1 aliphatic carbocycles. The van der Waals surface area contributed by atoms with E-state index >= 15 is 0 Å². The van der Waals surface area contributed by atoms with Crippen LogP contribution in [0.4, 0.5) is 0 Å². The van der Waals surface area contributed by atoms with Crippen molar-refractivity contribution in [1.82, 2.24) is 14.8 Å². The van der Waals surface area contributed by atoms with Crippen molar-refractivity contribution < 1.29 is 9.52 Å². The molecule has 0 spiro atoms. The Bertz CT molecular complexity index is 1130. The predicted molar refractivity (Wildman–Crippen MR) is 122 cm³/mol. The van der Waals surface area contributed by atoms with Crippen molar-refractivity contribution in [2.75, 3.05) is 26.2 Å². The van der Waals surface area contributed by atoms with E-state index in [1.807, 2.05) is 23.2 Å². The Morgan fingerprint density at radius 2 is 1.81 bits per heavy atom. The van der Waals surface area contributed by atoms with Crippen LogP contribution in [0, 0.1) is 5.21 Å². The van der Waals surface area contributed by atoms with Crippen LogP contribution in [-0.2, 0) is 24.1 Å². The first-order valence-electron chi connectivity index (χ1n) is 11.0. The number of carbonyl (C=O) groups excluding carboxylic acids is 1. The molecule has 2 aromatic heterocycles. The van der Waals surface area contributed by atoms with Crippen LogP contribution in [0.5, 0.6) is 0 Å². The van der Waals surface area contributed by atoms with Crippen LogP contribution in [0.3, 0.4) is 0 Å². The second-order valence-electron chi connectivity index (χ2n) is 8.45. The molecule has 1 aromatic carbocycles. The maximum atomic E-state index is 12.8. The quantitative estimate of drug-likeness (QED) is 0.456. The summed E-state index contributed by atoms with van der Waals surface area (Å²) in [6, 6.07) is 13.9. The lowest BCUT2D eigenvalue weighted by Crippen LogP contribution is -2.50. The lowest BCUT2D eigenvalue weighted by Gasteiger charge is -2.39. The molecular formula is C25H25ClN4O2. The van der Waals surface area contributed by atoms with Gasteiger partial charge < -0.3 is 10.1 Å². The molecule has 3 heterocycles. The first-order chi connectivity index (χ1) is 15.6. The smallest absolute Gasteiger partial charge is 0.227 e. The highest BCUT2D eigenvalue weighted by Crippen LogP contribution is 2.37. The third kappa shape index (κ3) is 4.20. The first kappa shape index (κ1) is 20.9. The fraction of sp³-hybridized carbons (Fsp3) is 0.320. The van der Waals surface area contributed by atoms with Gasteiger partial charge >= 0.3 is 0 Å². The average Bonchev–Trinajstić information content (AvgIpc) is 2.97. The minimum absolute atomic E-state index is 0.0693. The molecule has 2 aliphatic rings. The third-order valence-corrected chi connectivity index (χ3v) is 6.74. The van der Waals surface area contributed by atoms with Gasteiger partial charge in [-0.2, -0.15) is 4.73 Å². The summed E-state index contributed by atoms with van der Waals surface area (Å²) >= 11 is 6.31. The summed E-state index contributed by atoms with van der Waals surface area (Å²) < 4.78 is 0.733. The van der Waals surface area contributed by atoms with E-state index in [1.54, 1.807) is 12.1 Å². The van der Waals surface area contributed by atoms with Crippen molar-refractivity contribution in [2.24, 2.45) is 0 Å². The Kier molecular flexibility index (Phi) is 5.81. The number of hydrogen-bond donors (Lipinski definition) is 0. The van der Waals surface area contributed by atoms with Crippen molar-refractivity contribution in [1.29, 1.82) is 0 Å². The molecule has 32 heavy (non-hydrogen) atoms. The second-order valence-corrected chi connectivity index (χ2v) is 8.89. The average molecular weight is 449 g/mol. The van der Waals surface area contributed by atoms with Crippen molar-refractivity contribution in [2.45, 2.75) is 25.3 Å². The van der Waals surface area contributed by atoms with Crippen LogP contribution in [0.1, 0.15) is 34.0 Å². The summed E-state index contributed by atoms with van der Waals surface area (Å²) in [7, 11) is 0. The molecule has 1 saturated heterocycles. The van der Waals surface area contributed by atoms with Crippen molar-refractivity contribution >= 4 is 17.5 Å². The summed E-state index contributed by atoms with van der Waals surface area (Å²) in [4.78, 5) is 22.0. The van der Waals surface area contributed by atoms with Gasteiger partial charge in [0, 0.05) is 49.5 Å². The molecule has 0 bridgehead atoms. The Balaban J connectivity index is 1.35. The van der Waals surface area contributed by atoms with Crippen LogP contribution in [-0.4, -0.2) is 46.9 Å². The first-order valence-corrected chi connectivity index (χ1v) is 11.4. The predicted octanol–water partition coefficient (Wildman–Crippen LogP) is 2.94. The third-order valence-electron chi connectivity index (χ3n) is 6.51. The van der Waals surface area contributed by atoms with Crippen LogP contribution in [0.2, 0.25) is 5.02 Å². The number of aryl methyl sites for hydroxylation is 2. The number of aromatic nitrogens is 2. The zero-order valence-corrected chi connectivity index (χ0v) is 18.5. The molecule has 0 N–H and O–H groups in total. The van der Waals surface area contributed by atoms with E-state index in [9.17, 15) is 10.0 Å². The lowest BCUT2D eigenvalue weighted by atomic mass is 9.96. The number of halogens is 1. The SMILES string of the molecule is O=C(Cc1cc[n+]([O-])cc1)N1CCN([C@H]2c3ccc(Cl)cc3CCc3cccnc32)CC1. The number of benzene rings is 1. The molecule has 0 radical (unpaired) electrons. The molecular weight excluding hydrogens is 424 g/mol. The van der Waals surface area contributed by atoms with E-state index in [1.165, 1.54) is 29.1 Å². The summed E-state index contributed by atoms with van der Waals surface area (Å²) in [6.07, 6.45) is 6.95.